The van der Waals surface area contributed by atoms with Crippen LogP contribution in [0.2, 0.25) is 0 Å². The number of carbonyl (C=O) groups excluding carboxylic acids is 1. The van der Waals surface area contributed by atoms with Gasteiger partial charge in [0.1, 0.15) is 6.04 Å². The molecule has 0 aliphatic carbocycles. The number of nitrogens with one attached hydrogen (secondary N) is 2. The van der Waals surface area contributed by atoms with Crippen LogP contribution in [0.1, 0.15) is 12.7 Å². The first-order chi connectivity index (χ1) is 7.49. The van der Waals surface area contributed by atoms with Crippen molar-refractivity contribution in [1.82, 2.24) is 30.8 Å². The highest BCUT2D eigenvalue weighted by molar-refractivity contribution is 5.81. The number of urea groups is 1. The molecular formula is C7H12N6O3. The summed E-state index contributed by atoms with van der Waals surface area (Å²) in [5.41, 5.74) is 0. The SMILES string of the molecule is CC(NC(=O)NCc1nnn(C)n1)C(=O)O. The lowest BCUT2D eigenvalue weighted by Crippen LogP contribution is -2.44. The van der Waals surface area contributed by atoms with Crippen molar-refractivity contribution in [3.63, 3.8) is 0 Å². The zero-order chi connectivity index (χ0) is 12.1. The Morgan fingerprint density at radius 3 is 2.75 bits per heavy atom. The van der Waals surface area contributed by atoms with Crippen LogP contribution in [0.15, 0.2) is 0 Å². The van der Waals surface area contributed by atoms with Crippen LogP contribution in [0.5, 0.6) is 0 Å². The fourth-order valence-corrected chi connectivity index (χ4v) is 0.863. The molecule has 16 heavy (non-hydrogen) atoms. The Balaban J connectivity index is 2.33. The van der Waals surface area contributed by atoms with Gasteiger partial charge in [-0.25, -0.2) is 4.79 Å². The summed E-state index contributed by atoms with van der Waals surface area (Å²) in [6.45, 7) is 1.45. The highest BCUT2D eigenvalue weighted by atomic mass is 16.4. The molecule has 3 N–H and O–H groups in total. The summed E-state index contributed by atoms with van der Waals surface area (Å²) in [5, 5.41) is 24.2. The first-order valence-corrected chi connectivity index (χ1v) is 4.49. The van der Waals surface area contributed by atoms with Crippen molar-refractivity contribution in [2.24, 2.45) is 7.05 Å². The number of amides is 2. The first kappa shape index (κ1) is 11.9. The number of tetrazole rings is 1. The molecule has 0 bridgehead atoms. The molecule has 1 aromatic heterocycles. The maximum atomic E-state index is 11.2. The van der Waals surface area contributed by atoms with E-state index in [9.17, 15) is 9.59 Å². The molecule has 1 heterocycles. The van der Waals surface area contributed by atoms with E-state index >= 15 is 0 Å². The quantitative estimate of drug-likeness (QED) is 0.575. The average Bonchev–Trinajstić information content (AvgIpc) is 2.61. The second-order valence-electron chi connectivity index (χ2n) is 3.08. The van der Waals surface area contributed by atoms with E-state index in [1.807, 2.05) is 0 Å². The number of aryl methyl sites for hydroxylation is 1. The molecule has 0 spiro atoms. The molecule has 0 aromatic carbocycles. The number of hydrogen-bond donors (Lipinski definition) is 3. The van der Waals surface area contributed by atoms with Gasteiger partial charge in [0.15, 0.2) is 5.82 Å². The molecule has 88 valence electrons. The van der Waals surface area contributed by atoms with Crippen molar-refractivity contribution in [3.05, 3.63) is 5.82 Å². The van der Waals surface area contributed by atoms with Crippen molar-refractivity contribution < 1.29 is 14.7 Å². The van der Waals surface area contributed by atoms with Gasteiger partial charge in [0.2, 0.25) is 0 Å². The summed E-state index contributed by atoms with van der Waals surface area (Å²) in [6, 6.07) is -1.54. The van der Waals surface area contributed by atoms with E-state index in [4.69, 9.17) is 5.11 Å². The van der Waals surface area contributed by atoms with Gasteiger partial charge < -0.3 is 15.7 Å². The van der Waals surface area contributed by atoms with Crippen molar-refractivity contribution in [3.8, 4) is 0 Å². The number of aromatic nitrogens is 4. The van der Waals surface area contributed by atoms with Gasteiger partial charge >= 0.3 is 12.0 Å². The van der Waals surface area contributed by atoms with Gasteiger partial charge in [0.05, 0.1) is 13.6 Å². The fraction of sp³-hybridized carbons (Fsp3) is 0.571. The van der Waals surface area contributed by atoms with Gasteiger partial charge in [-0.2, -0.15) is 4.80 Å². The van der Waals surface area contributed by atoms with E-state index < -0.39 is 18.0 Å². The number of carboxylic acid groups (broad SMARTS) is 1. The van der Waals surface area contributed by atoms with Gasteiger partial charge in [-0.1, -0.05) is 0 Å². The molecule has 1 aromatic rings. The molecular weight excluding hydrogens is 216 g/mol. The van der Waals surface area contributed by atoms with E-state index in [0.717, 1.165) is 0 Å². The maximum absolute atomic E-state index is 11.2. The third kappa shape index (κ3) is 3.52. The lowest BCUT2D eigenvalue weighted by Gasteiger charge is -2.09. The van der Waals surface area contributed by atoms with E-state index in [1.165, 1.54) is 11.7 Å². The summed E-state index contributed by atoms with van der Waals surface area (Å²) in [5.74, 6) is -0.756. The van der Waals surface area contributed by atoms with Crippen LogP contribution >= 0.6 is 0 Å². The second kappa shape index (κ2) is 5.05. The Bertz CT molecular complexity index is 389. The highest BCUT2D eigenvalue weighted by Gasteiger charge is 2.13. The largest absolute Gasteiger partial charge is 0.480 e. The summed E-state index contributed by atoms with van der Waals surface area (Å²) in [6.07, 6.45) is 0. The first-order valence-electron chi connectivity index (χ1n) is 4.49. The molecule has 9 heteroatoms. The van der Waals surface area contributed by atoms with E-state index in [1.54, 1.807) is 7.05 Å². The monoisotopic (exact) mass is 228 g/mol. The van der Waals surface area contributed by atoms with Gasteiger partial charge in [-0.05, 0) is 12.1 Å². The van der Waals surface area contributed by atoms with Crippen molar-refractivity contribution in [1.29, 1.82) is 0 Å². The second-order valence-corrected chi connectivity index (χ2v) is 3.08. The molecule has 9 nitrogen and oxygen atoms in total. The predicted molar refractivity (Wildman–Crippen MR) is 51.3 cm³/mol. The van der Waals surface area contributed by atoms with Gasteiger partial charge in [-0.3, -0.25) is 4.79 Å². The number of rotatable bonds is 4. The highest BCUT2D eigenvalue weighted by Crippen LogP contribution is 1.85. The molecule has 1 unspecified atom stereocenters. The third-order valence-electron chi connectivity index (χ3n) is 1.67. The predicted octanol–water partition coefficient (Wildman–Crippen LogP) is -1.52. The van der Waals surface area contributed by atoms with Gasteiger partial charge in [-0.15, -0.1) is 10.2 Å². The van der Waals surface area contributed by atoms with Crippen LogP contribution in [-0.2, 0) is 18.4 Å². The van der Waals surface area contributed by atoms with Crippen molar-refractivity contribution >= 4 is 12.0 Å². The normalized spacial score (nSPS) is 11.9. The van der Waals surface area contributed by atoms with Crippen molar-refractivity contribution in [2.75, 3.05) is 0 Å². The van der Waals surface area contributed by atoms with Crippen LogP contribution in [0.25, 0.3) is 0 Å². The number of carbonyl (C=O) groups is 2. The molecule has 1 rings (SSSR count). The van der Waals surface area contributed by atoms with E-state index in [2.05, 4.69) is 26.0 Å². The minimum absolute atomic E-state index is 0.0893. The molecule has 0 saturated heterocycles. The smallest absolute Gasteiger partial charge is 0.325 e. The molecule has 1 atom stereocenters. The zero-order valence-electron chi connectivity index (χ0n) is 8.84. The minimum Gasteiger partial charge on any atom is -0.480 e. The number of hydrogen-bond acceptors (Lipinski definition) is 5. The number of carboxylic acids is 1. The van der Waals surface area contributed by atoms with Gasteiger partial charge in [0.25, 0.3) is 0 Å². The Labute approximate surface area is 90.8 Å². The Morgan fingerprint density at radius 1 is 1.56 bits per heavy atom. The standard InChI is InChI=1S/C7H12N6O3/c1-4(6(14)15)9-7(16)8-3-5-10-12-13(2)11-5/h4H,3H2,1-2H3,(H,14,15)(H2,8,9,16). The molecule has 0 aliphatic heterocycles. The topological polar surface area (TPSA) is 122 Å². The van der Waals surface area contributed by atoms with Crippen LogP contribution in [0, 0.1) is 0 Å². The Kier molecular flexibility index (Phi) is 3.75. The van der Waals surface area contributed by atoms with Crippen LogP contribution in [0.4, 0.5) is 4.79 Å². The molecule has 0 saturated carbocycles. The lowest BCUT2D eigenvalue weighted by molar-refractivity contribution is -0.138. The van der Waals surface area contributed by atoms with Crippen molar-refractivity contribution in [2.45, 2.75) is 19.5 Å². The molecule has 2 amide bonds. The number of aliphatic carboxylic acids is 1. The average molecular weight is 228 g/mol. The summed E-state index contributed by atoms with van der Waals surface area (Å²) in [4.78, 5) is 22.9. The number of nitrogens with zero attached hydrogens (tertiary/aromatic N) is 4. The fourth-order valence-electron chi connectivity index (χ4n) is 0.863. The molecule has 0 aliphatic rings. The van der Waals surface area contributed by atoms with Crippen LogP contribution in [0.3, 0.4) is 0 Å². The van der Waals surface area contributed by atoms with Crippen LogP contribution in [-0.4, -0.2) is 43.4 Å². The Morgan fingerprint density at radius 2 is 2.25 bits per heavy atom. The molecule has 0 fully saturated rings. The lowest BCUT2D eigenvalue weighted by atomic mass is 10.3. The summed E-state index contributed by atoms with van der Waals surface area (Å²) >= 11 is 0. The summed E-state index contributed by atoms with van der Waals surface area (Å²) in [7, 11) is 1.60. The van der Waals surface area contributed by atoms with E-state index in [0.29, 0.717) is 5.82 Å². The Hall–Kier alpha value is -2.19. The minimum atomic E-state index is -1.10. The zero-order valence-corrected chi connectivity index (χ0v) is 8.84. The summed E-state index contributed by atoms with van der Waals surface area (Å²) < 4.78 is 0. The van der Waals surface area contributed by atoms with Crippen LogP contribution < -0.4 is 10.6 Å². The third-order valence-corrected chi connectivity index (χ3v) is 1.67. The van der Waals surface area contributed by atoms with Gasteiger partial charge in [0, 0.05) is 0 Å². The van der Waals surface area contributed by atoms with E-state index in [-0.39, 0.29) is 6.54 Å². The maximum Gasteiger partial charge on any atom is 0.325 e. The molecule has 0 radical (unpaired) electrons.